The van der Waals surface area contributed by atoms with Gasteiger partial charge in [0.25, 0.3) is 0 Å². The van der Waals surface area contributed by atoms with Gasteiger partial charge in [0.1, 0.15) is 11.5 Å². The second kappa shape index (κ2) is 7.94. The molecule has 0 aliphatic rings. The molecule has 128 valence electrons. The molecule has 24 heavy (non-hydrogen) atoms. The second-order valence-corrected chi connectivity index (χ2v) is 7.44. The fraction of sp³-hybridized carbons (Fsp3) is 0.235. The predicted octanol–water partition coefficient (Wildman–Crippen LogP) is 2.88. The summed E-state index contributed by atoms with van der Waals surface area (Å²) in [5.74, 6) is 1.03. The van der Waals surface area contributed by atoms with E-state index in [1.807, 2.05) is 18.2 Å². The van der Waals surface area contributed by atoms with Crippen LogP contribution in [0.1, 0.15) is 13.3 Å². The van der Waals surface area contributed by atoms with E-state index >= 15 is 0 Å². The van der Waals surface area contributed by atoms with Crippen molar-refractivity contribution in [3.63, 3.8) is 0 Å². The summed E-state index contributed by atoms with van der Waals surface area (Å²) in [4.78, 5) is 10.6. The van der Waals surface area contributed by atoms with Crippen molar-refractivity contribution >= 4 is 16.2 Å². The molecule has 1 unspecified atom stereocenters. The summed E-state index contributed by atoms with van der Waals surface area (Å²) in [6, 6.07) is 14.8. The van der Waals surface area contributed by atoms with Gasteiger partial charge in [-0.15, -0.1) is 0 Å². The van der Waals surface area contributed by atoms with Gasteiger partial charge in [0.15, 0.2) is 9.84 Å². The number of carbonyl (C=O) groups excluding carboxylic acids is 1. The van der Waals surface area contributed by atoms with Gasteiger partial charge in [-0.2, -0.15) is 0 Å². The topological polar surface area (TPSA) is 83.9 Å². The number of benzene rings is 2. The van der Waals surface area contributed by atoms with Crippen LogP contribution in [0.5, 0.6) is 11.5 Å². The molecule has 2 rings (SSSR count). The van der Waals surface area contributed by atoms with Gasteiger partial charge >= 0.3 is 0 Å². The van der Waals surface area contributed by atoms with E-state index in [-0.39, 0.29) is 23.5 Å². The predicted molar refractivity (Wildman–Crippen MR) is 88.8 cm³/mol. The Labute approximate surface area is 141 Å². The third-order valence-electron chi connectivity index (χ3n) is 3.53. The standard InChI is InChI=1S/C17H19NO5S/c1-14(18(20)13-19)11-12-24(21,22)17-9-7-16(8-10-17)23-15-5-3-2-4-6-15/h2-10,13-14,20H,11-12H2,1H3. The van der Waals surface area contributed by atoms with E-state index in [2.05, 4.69) is 0 Å². The number of hydrogen-bond donors (Lipinski definition) is 1. The third kappa shape index (κ3) is 4.81. The van der Waals surface area contributed by atoms with Crippen molar-refractivity contribution in [1.29, 1.82) is 0 Å². The number of sulfone groups is 1. The van der Waals surface area contributed by atoms with Crippen LogP contribution in [0.15, 0.2) is 59.5 Å². The zero-order chi connectivity index (χ0) is 17.6. The van der Waals surface area contributed by atoms with Gasteiger partial charge in [-0.25, -0.2) is 13.5 Å². The molecule has 7 heteroatoms. The lowest BCUT2D eigenvalue weighted by molar-refractivity contribution is -0.158. The molecule has 0 aliphatic carbocycles. The van der Waals surface area contributed by atoms with Gasteiger partial charge in [-0.3, -0.25) is 10.0 Å². The second-order valence-electron chi connectivity index (χ2n) is 5.33. The summed E-state index contributed by atoms with van der Waals surface area (Å²) in [6.07, 6.45) is 0.396. The Balaban J connectivity index is 2.02. The highest BCUT2D eigenvalue weighted by molar-refractivity contribution is 7.91. The van der Waals surface area contributed by atoms with Crippen LogP contribution in [-0.4, -0.2) is 36.9 Å². The lowest BCUT2D eigenvalue weighted by Gasteiger charge is -2.17. The number of ether oxygens (including phenoxy) is 1. The molecule has 0 fully saturated rings. The lowest BCUT2D eigenvalue weighted by atomic mass is 10.3. The first-order valence-corrected chi connectivity index (χ1v) is 9.06. The molecule has 0 saturated heterocycles. The van der Waals surface area contributed by atoms with Gasteiger partial charge in [0, 0.05) is 0 Å². The molecule has 2 aromatic carbocycles. The molecule has 0 spiro atoms. The first-order valence-electron chi connectivity index (χ1n) is 7.40. The summed E-state index contributed by atoms with van der Waals surface area (Å²) < 4.78 is 30.2. The van der Waals surface area contributed by atoms with E-state index in [1.54, 1.807) is 31.2 Å². The molecule has 1 atom stereocenters. The van der Waals surface area contributed by atoms with Crippen LogP contribution in [0.4, 0.5) is 0 Å². The minimum atomic E-state index is -3.50. The van der Waals surface area contributed by atoms with Crippen molar-refractivity contribution in [2.45, 2.75) is 24.3 Å². The zero-order valence-electron chi connectivity index (χ0n) is 13.2. The highest BCUT2D eigenvalue weighted by Crippen LogP contribution is 2.23. The Kier molecular flexibility index (Phi) is 5.94. The molecule has 0 aliphatic heterocycles. The summed E-state index contributed by atoms with van der Waals surface area (Å²) >= 11 is 0. The summed E-state index contributed by atoms with van der Waals surface area (Å²) in [5, 5.41) is 9.69. The van der Waals surface area contributed by atoms with E-state index < -0.39 is 15.9 Å². The van der Waals surface area contributed by atoms with Crippen LogP contribution in [0.3, 0.4) is 0 Å². The first-order chi connectivity index (χ1) is 11.4. The molecule has 0 bridgehead atoms. The van der Waals surface area contributed by atoms with Crippen LogP contribution < -0.4 is 4.74 Å². The smallest absolute Gasteiger partial charge is 0.233 e. The monoisotopic (exact) mass is 349 g/mol. The maximum Gasteiger partial charge on any atom is 0.233 e. The highest BCUT2D eigenvalue weighted by atomic mass is 32.2. The van der Waals surface area contributed by atoms with E-state index in [0.717, 1.165) is 0 Å². The average molecular weight is 349 g/mol. The zero-order valence-corrected chi connectivity index (χ0v) is 14.0. The molecule has 6 nitrogen and oxygen atoms in total. The highest BCUT2D eigenvalue weighted by Gasteiger charge is 2.18. The van der Waals surface area contributed by atoms with Crippen LogP contribution in [0.2, 0.25) is 0 Å². The number of amides is 1. The Morgan fingerprint density at radius 3 is 2.25 bits per heavy atom. The summed E-state index contributed by atoms with van der Waals surface area (Å²) in [7, 11) is -3.50. The van der Waals surface area contributed by atoms with Gasteiger partial charge in [-0.1, -0.05) is 18.2 Å². The fourth-order valence-electron chi connectivity index (χ4n) is 2.02. The normalized spacial score (nSPS) is 12.4. The Morgan fingerprint density at radius 1 is 1.08 bits per heavy atom. The Morgan fingerprint density at radius 2 is 1.67 bits per heavy atom. The van der Waals surface area contributed by atoms with Crippen molar-refractivity contribution < 1.29 is 23.2 Å². The van der Waals surface area contributed by atoms with Gasteiger partial charge in [0.05, 0.1) is 16.7 Å². The summed E-state index contributed by atoms with van der Waals surface area (Å²) in [6.45, 7) is 1.57. The Hall–Kier alpha value is -2.38. The molecule has 0 radical (unpaired) electrons. The molecular weight excluding hydrogens is 330 g/mol. The van der Waals surface area contributed by atoms with Crippen molar-refractivity contribution in [1.82, 2.24) is 5.06 Å². The van der Waals surface area contributed by atoms with Gasteiger partial charge < -0.3 is 4.74 Å². The maximum atomic E-state index is 12.3. The van der Waals surface area contributed by atoms with Crippen molar-refractivity contribution in [3.8, 4) is 11.5 Å². The minimum absolute atomic E-state index is 0.139. The fourth-order valence-corrected chi connectivity index (χ4v) is 3.46. The van der Waals surface area contributed by atoms with Crippen molar-refractivity contribution in [3.05, 3.63) is 54.6 Å². The van der Waals surface area contributed by atoms with Gasteiger partial charge in [-0.05, 0) is 49.7 Å². The molecule has 0 aromatic heterocycles. The number of carbonyl (C=O) groups is 1. The van der Waals surface area contributed by atoms with Crippen LogP contribution in [0, 0.1) is 0 Å². The van der Waals surface area contributed by atoms with E-state index in [9.17, 15) is 18.4 Å². The van der Waals surface area contributed by atoms with E-state index in [1.165, 1.54) is 12.1 Å². The van der Waals surface area contributed by atoms with Gasteiger partial charge in [0.2, 0.25) is 6.41 Å². The van der Waals surface area contributed by atoms with Crippen LogP contribution >= 0.6 is 0 Å². The quantitative estimate of drug-likeness (QED) is 0.450. The summed E-state index contributed by atoms with van der Waals surface area (Å²) in [5.41, 5.74) is 0. The number of hydroxylamine groups is 2. The Bertz CT molecular complexity index is 759. The largest absolute Gasteiger partial charge is 0.457 e. The number of hydrogen-bond acceptors (Lipinski definition) is 5. The van der Waals surface area contributed by atoms with Crippen molar-refractivity contribution in [2.24, 2.45) is 0 Å². The number of rotatable bonds is 8. The molecule has 0 saturated carbocycles. The number of para-hydroxylation sites is 1. The van der Waals surface area contributed by atoms with Crippen LogP contribution in [-0.2, 0) is 14.6 Å². The van der Waals surface area contributed by atoms with E-state index in [0.29, 0.717) is 16.6 Å². The van der Waals surface area contributed by atoms with Crippen molar-refractivity contribution in [2.75, 3.05) is 5.75 Å². The first kappa shape index (κ1) is 18.0. The molecule has 2 aromatic rings. The molecule has 1 N–H and O–H groups in total. The molecular formula is C17H19NO5S. The minimum Gasteiger partial charge on any atom is -0.457 e. The third-order valence-corrected chi connectivity index (χ3v) is 5.29. The molecule has 1 amide bonds. The maximum absolute atomic E-state index is 12.3. The lowest BCUT2D eigenvalue weighted by Crippen LogP contribution is -2.30. The SMILES string of the molecule is CC(CCS(=O)(=O)c1ccc(Oc2ccccc2)cc1)N(O)C=O. The average Bonchev–Trinajstić information content (AvgIpc) is 2.60. The molecule has 0 heterocycles. The number of nitrogens with zero attached hydrogens (tertiary/aromatic N) is 1. The van der Waals surface area contributed by atoms with E-state index in [4.69, 9.17) is 4.74 Å². The van der Waals surface area contributed by atoms with Crippen LogP contribution in [0.25, 0.3) is 0 Å².